The average Bonchev–Trinajstić information content (AvgIpc) is 2.58. The molecule has 2 amide bonds. The van der Waals surface area contributed by atoms with Crippen molar-refractivity contribution in [1.82, 2.24) is 10.0 Å². The number of alkyl carbamates (subject to hydrolysis) is 1. The highest BCUT2D eigenvalue weighted by molar-refractivity contribution is 7.89. The monoisotopic (exact) mass is 386 g/mol. The maximum atomic E-state index is 12.3. The minimum Gasteiger partial charge on any atom is -0.454 e. The van der Waals surface area contributed by atoms with Gasteiger partial charge in [-0.25, -0.2) is 13.2 Å². The summed E-state index contributed by atoms with van der Waals surface area (Å²) in [6, 6.07) is 6.34. The van der Waals surface area contributed by atoms with Gasteiger partial charge in [0.05, 0.1) is 11.5 Å². The first-order chi connectivity index (χ1) is 12.2. The van der Waals surface area contributed by atoms with Crippen LogP contribution in [0.3, 0.4) is 0 Å². The zero-order chi connectivity index (χ0) is 19.7. The van der Waals surface area contributed by atoms with E-state index in [0.717, 1.165) is 0 Å². The molecule has 26 heavy (non-hydrogen) atoms. The first-order valence-electron chi connectivity index (χ1n) is 7.88. The minimum absolute atomic E-state index is 0.00139. The molecule has 0 heterocycles. The molecular weight excluding hydrogens is 364 g/mol. The predicted molar refractivity (Wildman–Crippen MR) is 91.5 cm³/mol. The number of amides is 2. The van der Waals surface area contributed by atoms with E-state index in [2.05, 4.69) is 9.46 Å². The van der Waals surface area contributed by atoms with E-state index in [-0.39, 0.29) is 11.5 Å². The van der Waals surface area contributed by atoms with Gasteiger partial charge in [-0.05, 0) is 25.0 Å². The molecule has 0 aliphatic carbocycles. The van der Waals surface area contributed by atoms with E-state index in [1.807, 2.05) is 5.32 Å². The fraction of sp³-hybridized carbons (Fsp3) is 0.438. The summed E-state index contributed by atoms with van der Waals surface area (Å²) in [5, 5.41) is 1.86. The number of hydrogen-bond acceptors (Lipinski definition) is 7. The van der Waals surface area contributed by atoms with E-state index in [9.17, 15) is 22.8 Å². The van der Waals surface area contributed by atoms with Crippen molar-refractivity contribution in [2.45, 2.75) is 31.7 Å². The highest BCUT2D eigenvalue weighted by Gasteiger charge is 2.30. The maximum Gasteiger partial charge on any atom is 0.413 e. The van der Waals surface area contributed by atoms with E-state index >= 15 is 0 Å². The lowest BCUT2D eigenvalue weighted by molar-refractivity contribution is -0.151. The average molecular weight is 386 g/mol. The van der Waals surface area contributed by atoms with E-state index < -0.39 is 46.6 Å². The van der Waals surface area contributed by atoms with Crippen LogP contribution in [0.4, 0.5) is 4.79 Å². The topological polar surface area (TPSA) is 128 Å². The van der Waals surface area contributed by atoms with Crippen LogP contribution in [0.25, 0.3) is 0 Å². The molecule has 1 aromatic carbocycles. The summed E-state index contributed by atoms with van der Waals surface area (Å²) in [6.45, 7) is 4.15. The van der Waals surface area contributed by atoms with Gasteiger partial charge < -0.3 is 9.47 Å². The Balaban J connectivity index is 2.71. The van der Waals surface area contributed by atoms with Gasteiger partial charge in [-0.2, -0.15) is 4.72 Å². The van der Waals surface area contributed by atoms with Gasteiger partial charge in [0.15, 0.2) is 6.61 Å². The van der Waals surface area contributed by atoms with Gasteiger partial charge in [0.25, 0.3) is 5.91 Å². The van der Waals surface area contributed by atoms with E-state index in [4.69, 9.17) is 4.74 Å². The predicted octanol–water partition coefficient (Wildman–Crippen LogP) is 0.805. The zero-order valence-electron chi connectivity index (χ0n) is 14.7. The van der Waals surface area contributed by atoms with Crippen LogP contribution in [0.1, 0.15) is 20.8 Å². The maximum absolute atomic E-state index is 12.3. The number of carbonyl (C=O) groups excluding carboxylic acids is 3. The van der Waals surface area contributed by atoms with Crippen LogP contribution >= 0.6 is 0 Å². The fourth-order valence-electron chi connectivity index (χ4n) is 1.83. The van der Waals surface area contributed by atoms with Gasteiger partial charge in [-0.1, -0.05) is 32.0 Å². The standard InChI is InChI=1S/C16H22N2O7S/c1-4-24-16(21)17-13(19)10-25-15(20)14(11(2)3)18-26(22,23)12-8-6-5-7-9-12/h5-9,11,14,18H,4,10H2,1-3H3,(H,17,19,21)/t14-/m1/s1. The molecule has 0 aliphatic rings. The summed E-state index contributed by atoms with van der Waals surface area (Å²) < 4.78 is 36.3. The normalized spacial score (nSPS) is 12.3. The summed E-state index contributed by atoms with van der Waals surface area (Å²) in [4.78, 5) is 34.8. The van der Waals surface area contributed by atoms with Gasteiger partial charge in [-0.15, -0.1) is 0 Å². The largest absolute Gasteiger partial charge is 0.454 e. The molecule has 0 spiro atoms. The number of nitrogens with one attached hydrogen (secondary N) is 2. The Morgan fingerprint density at radius 3 is 2.23 bits per heavy atom. The SMILES string of the molecule is CCOC(=O)NC(=O)COC(=O)[C@H](NS(=O)(=O)c1ccccc1)C(C)C. The lowest BCUT2D eigenvalue weighted by atomic mass is 10.1. The van der Waals surface area contributed by atoms with Crippen LogP contribution in [0, 0.1) is 5.92 Å². The van der Waals surface area contributed by atoms with E-state index in [0.29, 0.717) is 0 Å². The molecule has 144 valence electrons. The third-order valence-electron chi connectivity index (χ3n) is 3.12. The number of esters is 1. The minimum atomic E-state index is -3.94. The third-order valence-corrected chi connectivity index (χ3v) is 4.58. The van der Waals surface area contributed by atoms with Gasteiger partial charge in [0.2, 0.25) is 10.0 Å². The summed E-state index contributed by atoms with van der Waals surface area (Å²) >= 11 is 0. The molecule has 0 radical (unpaired) electrons. The first-order valence-corrected chi connectivity index (χ1v) is 9.36. The van der Waals surface area contributed by atoms with Crippen LogP contribution in [-0.4, -0.2) is 45.6 Å². The molecule has 10 heteroatoms. The van der Waals surface area contributed by atoms with Gasteiger partial charge in [0, 0.05) is 0 Å². The number of carbonyl (C=O) groups is 3. The Labute approximate surface area is 152 Å². The summed E-state index contributed by atoms with van der Waals surface area (Å²) in [6.07, 6.45) is -0.960. The van der Waals surface area contributed by atoms with Crippen molar-refractivity contribution in [3.63, 3.8) is 0 Å². The zero-order valence-corrected chi connectivity index (χ0v) is 15.5. The highest BCUT2D eigenvalue weighted by atomic mass is 32.2. The molecule has 2 N–H and O–H groups in total. The van der Waals surface area contributed by atoms with Crippen LogP contribution in [0.2, 0.25) is 0 Å². The Morgan fingerprint density at radius 1 is 1.08 bits per heavy atom. The first kappa shape index (κ1) is 21.6. The van der Waals surface area contributed by atoms with Crippen molar-refractivity contribution >= 4 is 28.0 Å². The molecule has 0 saturated heterocycles. The van der Waals surface area contributed by atoms with Gasteiger partial charge >= 0.3 is 12.1 Å². The van der Waals surface area contributed by atoms with Crippen LogP contribution in [-0.2, 0) is 29.1 Å². The second-order valence-corrected chi connectivity index (χ2v) is 7.25. The highest BCUT2D eigenvalue weighted by Crippen LogP contribution is 2.12. The molecular formula is C16H22N2O7S. The van der Waals surface area contributed by atoms with Gasteiger partial charge in [0.1, 0.15) is 6.04 Å². The number of imide groups is 1. The lowest BCUT2D eigenvalue weighted by Gasteiger charge is -2.20. The molecule has 1 rings (SSSR count). The van der Waals surface area contributed by atoms with Crippen molar-refractivity contribution in [1.29, 1.82) is 0 Å². The summed E-state index contributed by atoms with van der Waals surface area (Å²) in [5.74, 6) is -2.25. The second kappa shape index (κ2) is 9.88. The van der Waals surface area contributed by atoms with E-state index in [1.165, 1.54) is 12.1 Å². The molecule has 0 saturated carbocycles. The molecule has 9 nitrogen and oxygen atoms in total. The Morgan fingerprint density at radius 2 is 1.69 bits per heavy atom. The summed E-state index contributed by atoms with van der Waals surface area (Å²) in [5.41, 5.74) is 0. The lowest BCUT2D eigenvalue weighted by Crippen LogP contribution is -2.46. The molecule has 0 aromatic heterocycles. The van der Waals surface area contributed by atoms with Crippen LogP contribution in [0.15, 0.2) is 35.2 Å². The molecule has 1 atom stereocenters. The Kier molecular flexibility index (Phi) is 8.20. The summed E-state index contributed by atoms with van der Waals surface area (Å²) in [7, 11) is -3.94. The number of sulfonamides is 1. The molecule has 0 bridgehead atoms. The van der Waals surface area contributed by atoms with Crippen LogP contribution in [0.5, 0.6) is 0 Å². The number of rotatable bonds is 8. The Bertz CT molecular complexity index is 732. The Hall–Kier alpha value is -2.46. The van der Waals surface area contributed by atoms with E-state index in [1.54, 1.807) is 39.0 Å². The van der Waals surface area contributed by atoms with Crippen molar-refractivity contribution in [2.75, 3.05) is 13.2 Å². The van der Waals surface area contributed by atoms with Crippen molar-refractivity contribution in [3.05, 3.63) is 30.3 Å². The number of benzene rings is 1. The van der Waals surface area contributed by atoms with Crippen LogP contribution < -0.4 is 10.0 Å². The number of hydrogen-bond donors (Lipinski definition) is 2. The molecule has 0 unspecified atom stereocenters. The smallest absolute Gasteiger partial charge is 0.413 e. The molecule has 0 aliphatic heterocycles. The molecule has 0 fully saturated rings. The van der Waals surface area contributed by atoms with Crippen molar-refractivity contribution < 1.29 is 32.3 Å². The quantitative estimate of drug-likeness (QED) is 0.633. The second-order valence-electron chi connectivity index (χ2n) is 5.53. The molecule has 1 aromatic rings. The van der Waals surface area contributed by atoms with Gasteiger partial charge in [-0.3, -0.25) is 14.9 Å². The number of ether oxygens (including phenoxy) is 2. The van der Waals surface area contributed by atoms with Crippen molar-refractivity contribution in [3.8, 4) is 0 Å². The van der Waals surface area contributed by atoms with Crippen molar-refractivity contribution in [2.24, 2.45) is 5.92 Å². The third kappa shape index (κ3) is 6.81. The fourth-order valence-corrected chi connectivity index (χ4v) is 3.19.